The predicted octanol–water partition coefficient (Wildman–Crippen LogP) is 1.86. The zero-order valence-electron chi connectivity index (χ0n) is 7.46. The first kappa shape index (κ1) is 10.1. The summed E-state index contributed by atoms with van der Waals surface area (Å²) < 4.78 is 17.7. The van der Waals surface area contributed by atoms with Crippen molar-refractivity contribution in [2.45, 2.75) is 6.42 Å². The first-order chi connectivity index (χ1) is 7.15. The fourth-order valence-corrected chi connectivity index (χ4v) is 1.67. The van der Waals surface area contributed by atoms with E-state index >= 15 is 0 Å². The Bertz CT molecular complexity index is 535. The lowest BCUT2D eigenvalue weighted by Crippen LogP contribution is -1.98. The maximum atomic E-state index is 12.8. The molecule has 0 unspecified atom stereocenters. The van der Waals surface area contributed by atoms with Gasteiger partial charge in [-0.15, -0.1) is 0 Å². The molecule has 1 N–H and O–H groups in total. The van der Waals surface area contributed by atoms with Gasteiger partial charge in [-0.25, -0.2) is 9.18 Å². The highest BCUT2D eigenvalue weighted by Gasteiger charge is 2.06. The third-order valence-electron chi connectivity index (χ3n) is 1.86. The van der Waals surface area contributed by atoms with Crippen LogP contribution in [0.15, 0.2) is 32.0 Å². The van der Waals surface area contributed by atoms with Crippen LogP contribution in [0.1, 0.15) is 11.4 Å². The third-order valence-corrected chi connectivity index (χ3v) is 2.60. The molecule has 0 atom stereocenters. The summed E-state index contributed by atoms with van der Waals surface area (Å²) in [6.45, 7) is 0. The van der Waals surface area contributed by atoms with Crippen LogP contribution in [-0.4, -0.2) is 10.1 Å². The van der Waals surface area contributed by atoms with Crippen LogP contribution in [-0.2, 0) is 6.42 Å². The zero-order valence-corrected chi connectivity index (χ0v) is 9.04. The number of rotatable bonds is 2. The van der Waals surface area contributed by atoms with Crippen molar-refractivity contribution in [3.05, 3.63) is 50.4 Å². The van der Waals surface area contributed by atoms with Crippen molar-refractivity contribution in [1.29, 1.82) is 0 Å². The van der Waals surface area contributed by atoms with Crippen LogP contribution in [0.5, 0.6) is 0 Å². The molecule has 0 saturated carbocycles. The normalized spacial score (nSPS) is 10.5. The summed E-state index contributed by atoms with van der Waals surface area (Å²) in [7, 11) is 0. The van der Waals surface area contributed by atoms with E-state index < -0.39 is 5.76 Å². The average Bonchev–Trinajstić information content (AvgIpc) is 2.56. The van der Waals surface area contributed by atoms with Crippen molar-refractivity contribution in [2.75, 3.05) is 0 Å². The summed E-state index contributed by atoms with van der Waals surface area (Å²) in [6.07, 6.45) is 0.382. The molecular formula is C9H6BrFN2O2. The van der Waals surface area contributed by atoms with Gasteiger partial charge in [0.2, 0.25) is 0 Å². The quantitative estimate of drug-likeness (QED) is 0.908. The minimum absolute atomic E-state index is 0.320. The predicted molar refractivity (Wildman–Crippen MR) is 54.0 cm³/mol. The van der Waals surface area contributed by atoms with E-state index in [1.54, 1.807) is 6.07 Å². The topological polar surface area (TPSA) is 58.9 Å². The number of nitrogens with one attached hydrogen (secondary N) is 1. The number of H-pyrrole nitrogens is 1. The highest BCUT2D eigenvalue weighted by molar-refractivity contribution is 9.10. The number of hydrogen-bond donors (Lipinski definition) is 1. The van der Waals surface area contributed by atoms with E-state index in [0.29, 0.717) is 16.7 Å². The number of aromatic nitrogens is 2. The standard InChI is InChI=1S/C9H6BrFN2O2/c10-7-4-6(11)2-1-5(7)3-8-12-9(14)15-13-8/h1-2,4H,3H2,(H,12,13,14). The SMILES string of the molecule is O=c1[nH]c(Cc2ccc(F)cc2Br)no1. The molecule has 0 radical (unpaired) electrons. The Morgan fingerprint density at radius 1 is 1.53 bits per heavy atom. The Morgan fingerprint density at radius 3 is 2.93 bits per heavy atom. The maximum Gasteiger partial charge on any atom is 0.438 e. The van der Waals surface area contributed by atoms with Crippen LogP contribution in [0.3, 0.4) is 0 Å². The Kier molecular flexibility index (Phi) is 2.68. The summed E-state index contributed by atoms with van der Waals surface area (Å²) in [6, 6.07) is 4.32. The summed E-state index contributed by atoms with van der Waals surface area (Å²) >= 11 is 3.22. The summed E-state index contributed by atoms with van der Waals surface area (Å²) in [5.74, 6) is -0.505. The molecule has 0 saturated heterocycles. The first-order valence-electron chi connectivity index (χ1n) is 4.14. The lowest BCUT2D eigenvalue weighted by atomic mass is 10.1. The monoisotopic (exact) mass is 272 g/mol. The van der Waals surface area contributed by atoms with Gasteiger partial charge in [-0.05, 0) is 17.7 Å². The molecule has 0 fully saturated rings. The third kappa shape index (κ3) is 2.33. The molecule has 0 bridgehead atoms. The van der Waals surface area contributed by atoms with Gasteiger partial charge in [-0.2, -0.15) is 0 Å². The minimum atomic E-state index is -0.594. The molecule has 2 aromatic rings. The van der Waals surface area contributed by atoms with Crippen molar-refractivity contribution in [3.63, 3.8) is 0 Å². The van der Waals surface area contributed by atoms with Crippen molar-refractivity contribution >= 4 is 15.9 Å². The van der Waals surface area contributed by atoms with E-state index in [2.05, 4.69) is 30.6 Å². The zero-order chi connectivity index (χ0) is 10.8. The fourth-order valence-electron chi connectivity index (χ4n) is 1.18. The second-order valence-electron chi connectivity index (χ2n) is 2.95. The van der Waals surface area contributed by atoms with Crippen molar-refractivity contribution in [1.82, 2.24) is 10.1 Å². The average molecular weight is 273 g/mol. The Morgan fingerprint density at radius 2 is 2.33 bits per heavy atom. The van der Waals surface area contributed by atoms with Crippen molar-refractivity contribution in [3.8, 4) is 0 Å². The van der Waals surface area contributed by atoms with Crippen molar-refractivity contribution < 1.29 is 8.91 Å². The Balaban J connectivity index is 2.28. The van der Waals surface area contributed by atoms with Crippen LogP contribution >= 0.6 is 15.9 Å². The van der Waals surface area contributed by atoms with Gasteiger partial charge in [-0.1, -0.05) is 27.2 Å². The highest BCUT2D eigenvalue weighted by Crippen LogP contribution is 2.19. The molecule has 0 aliphatic carbocycles. The lowest BCUT2D eigenvalue weighted by Gasteiger charge is -2.00. The van der Waals surface area contributed by atoms with Crippen LogP contribution in [0.4, 0.5) is 4.39 Å². The Labute approximate surface area is 92.2 Å². The number of nitrogens with zero attached hydrogens (tertiary/aromatic N) is 1. The molecule has 0 amide bonds. The molecule has 0 spiro atoms. The molecule has 6 heteroatoms. The van der Waals surface area contributed by atoms with Crippen LogP contribution < -0.4 is 5.76 Å². The second kappa shape index (κ2) is 3.98. The van der Waals surface area contributed by atoms with Gasteiger partial charge in [-0.3, -0.25) is 9.51 Å². The number of benzene rings is 1. The summed E-state index contributed by atoms with van der Waals surface area (Å²) in [5, 5.41) is 3.52. The lowest BCUT2D eigenvalue weighted by molar-refractivity contribution is 0.382. The van der Waals surface area contributed by atoms with Crippen LogP contribution in [0.25, 0.3) is 0 Å². The van der Waals surface area contributed by atoms with Gasteiger partial charge in [0.15, 0.2) is 5.82 Å². The number of halogens is 2. The van der Waals surface area contributed by atoms with E-state index in [9.17, 15) is 9.18 Å². The van der Waals surface area contributed by atoms with E-state index in [1.807, 2.05) is 0 Å². The van der Waals surface area contributed by atoms with E-state index in [-0.39, 0.29) is 5.82 Å². The minimum Gasteiger partial charge on any atom is -0.296 e. The van der Waals surface area contributed by atoms with Gasteiger partial charge >= 0.3 is 5.76 Å². The second-order valence-corrected chi connectivity index (χ2v) is 3.81. The van der Waals surface area contributed by atoms with Gasteiger partial charge < -0.3 is 0 Å². The number of hydrogen-bond acceptors (Lipinski definition) is 3. The number of aromatic amines is 1. The van der Waals surface area contributed by atoms with Crippen LogP contribution in [0.2, 0.25) is 0 Å². The van der Waals surface area contributed by atoms with E-state index in [0.717, 1.165) is 5.56 Å². The first-order valence-corrected chi connectivity index (χ1v) is 4.93. The van der Waals surface area contributed by atoms with Gasteiger partial charge in [0.25, 0.3) is 0 Å². The molecule has 4 nitrogen and oxygen atoms in total. The summed E-state index contributed by atoms with van der Waals surface area (Å²) in [4.78, 5) is 13.1. The Hall–Kier alpha value is -1.43. The smallest absolute Gasteiger partial charge is 0.296 e. The molecule has 1 aromatic carbocycles. The summed E-state index contributed by atoms with van der Waals surface area (Å²) in [5.41, 5.74) is 0.820. The molecular weight excluding hydrogens is 267 g/mol. The molecule has 15 heavy (non-hydrogen) atoms. The molecule has 78 valence electrons. The molecule has 1 aromatic heterocycles. The molecule has 0 aliphatic rings. The van der Waals surface area contributed by atoms with E-state index in [1.165, 1.54) is 12.1 Å². The fraction of sp³-hybridized carbons (Fsp3) is 0.111. The largest absolute Gasteiger partial charge is 0.438 e. The van der Waals surface area contributed by atoms with Gasteiger partial charge in [0, 0.05) is 10.9 Å². The molecule has 1 heterocycles. The van der Waals surface area contributed by atoms with Crippen LogP contribution in [0, 0.1) is 5.82 Å². The van der Waals surface area contributed by atoms with Gasteiger partial charge in [0.1, 0.15) is 5.82 Å². The molecule has 0 aliphatic heterocycles. The van der Waals surface area contributed by atoms with Gasteiger partial charge in [0.05, 0.1) is 0 Å². The highest BCUT2D eigenvalue weighted by atomic mass is 79.9. The molecule has 2 rings (SSSR count). The maximum absolute atomic E-state index is 12.8. The van der Waals surface area contributed by atoms with Crippen molar-refractivity contribution in [2.24, 2.45) is 0 Å². The van der Waals surface area contributed by atoms with E-state index in [4.69, 9.17) is 0 Å².